The van der Waals surface area contributed by atoms with Gasteiger partial charge in [-0.15, -0.1) is 34.9 Å². The van der Waals surface area contributed by atoms with Crippen LogP contribution in [0.15, 0.2) is 66.6 Å². The molecule has 1 radical (unpaired) electrons. The molecule has 0 spiro atoms. The van der Waals surface area contributed by atoms with Crippen LogP contribution in [0.25, 0.3) is 32.8 Å². The number of carbonyl (C=O) groups excluding carboxylic acids is 1. The zero-order chi connectivity index (χ0) is 28.1. The summed E-state index contributed by atoms with van der Waals surface area (Å²) in [4.78, 5) is 16.6. The molecule has 1 aromatic heterocycles. The zero-order valence-corrected chi connectivity index (χ0v) is 26.4. The van der Waals surface area contributed by atoms with E-state index in [2.05, 4.69) is 23.2 Å². The van der Waals surface area contributed by atoms with Crippen LogP contribution >= 0.6 is 0 Å². The summed E-state index contributed by atoms with van der Waals surface area (Å²) in [6.45, 7) is 4.06. The number of carbonyl (C=O) groups is 1. The van der Waals surface area contributed by atoms with E-state index in [0.29, 0.717) is 11.1 Å². The molecule has 41 heavy (non-hydrogen) atoms. The summed E-state index contributed by atoms with van der Waals surface area (Å²) < 4.78 is 14.5. The number of ketones is 1. The van der Waals surface area contributed by atoms with E-state index in [4.69, 9.17) is 0 Å². The Balaban J connectivity index is 0.000000193. The predicted molar refractivity (Wildman–Crippen MR) is 162 cm³/mol. The van der Waals surface area contributed by atoms with Gasteiger partial charge in [0.15, 0.2) is 5.78 Å². The fraction of sp³-hybridized carbons (Fsp3) is 0.389. The number of hydrogen-bond acceptors (Lipinski definition) is 3. The molecule has 0 saturated heterocycles. The van der Waals surface area contributed by atoms with Crippen LogP contribution < -0.4 is 0 Å². The molecule has 4 aromatic rings. The fourth-order valence-electron chi connectivity index (χ4n) is 6.39. The predicted octanol–water partition coefficient (Wildman–Crippen LogP) is 9.77. The fourth-order valence-corrected chi connectivity index (χ4v) is 6.39. The van der Waals surface area contributed by atoms with Crippen molar-refractivity contribution in [2.24, 2.45) is 11.8 Å². The first kappa shape index (κ1) is 31.1. The maximum absolute atomic E-state index is 14.5. The van der Waals surface area contributed by atoms with Crippen molar-refractivity contribution in [1.82, 2.24) is 4.98 Å². The number of rotatable bonds is 4. The molecule has 3 aromatic carbocycles. The normalized spacial score (nSPS) is 16.6. The molecule has 3 nitrogen and oxygen atoms in total. The van der Waals surface area contributed by atoms with Crippen molar-refractivity contribution in [3.8, 4) is 11.3 Å². The summed E-state index contributed by atoms with van der Waals surface area (Å²) in [5.41, 5.74) is 3.89. The van der Waals surface area contributed by atoms with Crippen molar-refractivity contribution in [2.45, 2.75) is 78.1 Å². The summed E-state index contributed by atoms with van der Waals surface area (Å²) in [7, 11) is 0. The molecule has 0 unspecified atom stereocenters. The van der Waals surface area contributed by atoms with E-state index in [9.17, 15) is 14.3 Å². The first-order valence-electron chi connectivity index (χ1n) is 14.8. The molecule has 6 rings (SSSR count). The molecule has 1 heterocycles. The Bertz CT molecular complexity index is 1510. The Morgan fingerprint density at radius 2 is 1.56 bits per heavy atom. The van der Waals surface area contributed by atoms with Crippen molar-refractivity contribution in [3.63, 3.8) is 0 Å². The second-order valence-electron chi connectivity index (χ2n) is 11.6. The average Bonchev–Trinajstić information content (AvgIpc) is 2.98. The number of aryl methyl sites for hydroxylation is 2. The van der Waals surface area contributed by atoms with Gasteiger partial charge in [-0.1, -0.05) is 76.6 Å². The summed E-state index contributed by atoms with van der Waals surface area (Å²) in [5, 5.41) is 13.4. The van der Waals surface area contributed by atoms with E-state index in [0.717, 1.165) is 64.2 Å². The van der Waals surface area contributed by atoms with Crippen LogP contribution in [-0.4, -0.2) is 15.9 Å². The Morgan fingerprint density at radius 3 is 2.24 bits per heavy atom. The van der Waals surface area contributed by atoms with Gasteiger partial charge in [0.05, 0.1) is 5.76 Å². The third-order valence-corrected chi connectivity index (χ3v) is 8.44. The quantitative estimate of drug-likeness (QED) is 0.0986. The standard InChI is InChI=1S/C21H15FN.C15H24O2.Ir/c1-13-9-14(2)11-16(10-13)21-20-17-6-4-3-5-15(17)12-19(22)18(20)7-8-23-21;16-14(12-7-3-1-4-8-12)11-15(17)13-9-5-2-6-10-13;/h3-10,12H,1-2H3;11-13,16H,1-10H2;/q-1;;/b;14-11-;. The summed E-state index contributed by atoms with van der Waals surface area (Å²) in [5.74, 6) is 0.769. The van der Waals surface area contributed by atoms with Crippen molar-refractivity contribution in [1.29, 1.82) is 0 Å². The smallest absolute Gasteiger partial charge is 0.162 e. The Morgan fingerprint density at radius 1 is 0.902 bits per heavy atom. The molecular formula is C36H39FIrNO2-. The number of aliphatic hydroxyl groups excluding tert-OH is 1. The van der Waals surface area contributed by atoms with Crippen LogP contribution in [0.3, 0.4) is 0 Å². The molecule has 2 aliphatic carbocycles. The maximum atomic E-state index is 14.5. The average molecular weight is 729 g/mol. The molecule has 2 saturated carbocycles. The van der Waals surface area contributed by atoms with E-state index in [-0.39, 0.29) is 43.5 Å². The van der Waals surface area contributed by atoms with Gasteiger partial charge in [-0.25, -0.2) is 4.39 Å². The van der Waals surface area contributed by atoms with Crippen molar-refractivity contribution in [3.05, 3.63) is 89.6 Å². The van der Waals surface area contributed by atoms with Gasteiger partial charge in [0.1, 0.15) is 5.82 Å². The number of nitrogens with zero attached hydrogens (tertiary/aromatic N) is 1. The van der Waals surface area contributed by atoms with E-state index >= 15 is 0 Å². The number of halogens is 1. The zero-order valence-electron chi connectivity index (χ0n) is 24.0. The molecule has 0 bridgehead atoms. The molecule has 2 fully saturated rings. The third-order valence-electron chi connectivity index (χ3n) is 8.44. The first-order valence-corrected chi connectivity index (χ1v) is 14.8. The van der Waals surface area contributed by atoms with Gasteiger partial charge in [-0.3, -0.25) is 4.79 Å². The molecule has 2 aliphatic rings. The summed E-state index contributed by atoms with van der Waals surface area (Å²) >= 11 is 0. The number of allylic oxidation sites excluding steroid dienone is 2. The van der Waals surface area contributed by atoms with Gasteiger partial charge in [0, 0.05) is 49.6 Å². The third kappa shape index (κ3) is 7.50. The van der Waals surface area contributed by atoms with Crippen LogP contribution in [0.4, 0.5) is 4.39 Å². The van der Waals surface area contributed by atoms with Gasteiger partial charge in [-0.2, -0.15) is 0 Å². The number of aliphatic hydroxyl groups is 1. The largest absolute Gasteiger partial charge is 0.512 e. The van der Waals surface area contributed by atoms with Crippen molar-refractivity contribution >= 4 is 27.3 Å². The van der Waals surface area contributed by atoms with Crippen molar-refractivity contribution < 1.29 is 34.4 Å². The van der Waals surface area contributed by atoms with Gasteiger partial charge >= 0.3 is 0 Å². The van der Waals surface area contributed by atoms with Crippen LogP contribution in [0.2, 0.25) is 0 Å². The number of hydrogen-bond donors (Lipinski definition) is 1. The van der Waals surface area contributed by atoms with Crippen molar-refractivity contribution in [2.75, 3.05) is 0 Å². The minimum absolute atomic E-state index is 0. The molecule has 217 valence electrons. The first-order chi connectivity index (χ1) is 19.4. The number of benzene rings is 3. The van der Waals surface area contributed by atoms with Gasteiger partial charge in [0.25, 0.3) is 0 Å². The van der Waals surface area contributed by atoms with Gasteiger partial charge in [0.2, 0.25) is 0 Å². The van der Waals surface area contributed by atoms with E-state index in [1.807, 2.05) is 38.1 Å². The number of fused-ring (bicyclic) bond motifs is 3. The van der Waals surface area contributed by atoms with Crippen LogP contribution in [-0.2, 0) is 24.9 Å². The molecule has 5 heteroatoms. The van der Waals surface area contributed by atoms with E-state index in [1.54, 1.807) is 24.4 Å². The molecule has 0 amide bonds. The van der Waals surface area contributed by atoms with Crippen LogP contribution in [0.1, 0.15) is 75.3 Å². The van der Waals surface area contributed by atoms with E-state index < -0.39 is 0 Å². The molecule has 1 N–H and O–H groups in total. The number of pyridine rings is 1. The second kappa shape index (κ2) is 14.3. The monoisotopic (exact) mass is 729 g/mol. The maximum Gasteiger partial charge on any atom is 0.162 e. The van der Waals surface area contributed by atoms with E-state index in [1.165, 1.54) is 38.5 Å². The topological polar surface area (TPSA) is 50.2 Å². The summed E-state index contributed by atoms with van der Waals surface area (Å²) in [6.07, 6.45) is 14.7. The minimum atomic E-state index is -0.216. The Labute approximate surface area is 256 Å². The Kier molecular flexibility index (Phi) is 10.9. The van der Waals surface area contributed by atoms with Gasteiger partial charge < -0.3 is 10.1 Å². The second-order valence-corrected chi connectivity index (χ2v) is 11.6. The minimum Gasteiger partial charge on any atom is -0.512 e. The van der Waals surface area contributed by atoms with Crippen LogP contribution in [0, 0.1) is 37.6 Å². The van der Waals surface area contributed by atoms with Crippen LogP contribution in [0.5, 0.6) is 0 Å². The molecule has 0 atom stereocenters. The Hall–Kier alpha value is -2.88. The molecule has 0 aliphatic heterocycles. The van der Waals surface area contributed by atoms with Gasteiger partial charge in [-0.05, 0) is 59.7 Å². The number of aromatic nitrogens is 1. The SMILES string of the molecule is Cc1[c-]c(-c2nccc3c(F)cc4ccccc4c23)cc(C)c1.O=C(/C=C(\O)C1CCCCC1)C1CCCCC1.[Ir]. The molecular weight excluding hydrogens is 690 g/mol. The summed E-state index contributed by atoms with van der Waals surface area (Å²) in [6, 6.07) is 18.7.